The quantitative estimate of drug-likeness (QED) is 0.555. The fourth-order valence-electron chi connectivity index (χ4n) is 4.79. The first-order valence-corrected chi connectivity index (χ1v) is 11.7. The van der Waals surface area contributed by atoms with Crippen molar-refractivity contribution in [2.75, 3.05) is 50.5 Å². The lowest BCUT2D eigenvalue weighted by molar-refractivity contribution is 0.0815. The molecule has 1 amide bonds. The highest BCUT2D eigenvalue weighted by Gasteiger charge is 2.26. The van der Waals surface area contributed by atoms with Gasteiger partial charge in [-0.05, 0) is 31.0 Å². The maximum atomic E-state index is 12.9. The van der Waals surface area contributed by atoms with Crippen LogP contribution in [0.1, 0.15) is 42.2 Å². The van der Waals surface area contributed by atoms with E-state index in [4.69, 9.17) is 4.98 Å². The first kappa shape index (κ1) is 22.1. The number of hydrogen-bond donors (Lipinski definition) is 1. The monoisotopic (exact) mass is 463 g/mol. The van der Waals surface area contributed by atoms with Gasteiger partial charge in [0.05, 0.1) is 30.3 Å². The molecule has 11 nitrogen and oxygen atoms in total. The SMILES string of the molecule is CN(C)C(=O)c1cc2cnc(Nc3ccc(N4CCN(N=O)CC4)cn3)nc2n1C1CCCC1. The average Bonchev–Trinajstić information content (AvgIpc) is 3.51. The number of amides is 1. The van der Waals surface area contributed by atoms with Crippen LogP contribution in [-0.2, 0) is 0 Å². The Morgan fingerprint density at radius 2 is 1.85 bits per heavy atom. The highest BCUT2D eigenvalue weighted by Crippen LogP contribution is 2.35. The van der Waals surface area contributed by atoms with Gasteiger partial charge in [0.25, 0.3) is 5.91 Å². The van der Waals surface area contributed by atoms with E-state index in [1.165, 1.54) is 5.01 Å². The molecule has 0 unspecified atom stereocenters. The van der Waals surface area contributed by atoms with E-state index >= 15 is 0 Å². The van der Waals surface area contributed by atoms with Gasteiger partial charge in [-0.1, -0.05) is 12.8 Å². The van der Waals surface area contributed by atoms with Crippen molar-refractivity contribution in [2.24, 2.45) is 5.29 Å². The zero-order valence-corrected chi connectivity index (χ0v) is 19.5. The molecule has 11 heteroatoms. The van der Waals surface area contributed by atoms with E-state index in [0.717, 1.165) is 55.5 Å². The third-order valence-electron chi connectivity index (χ3n) is 6.62. The standard InChI is InChI=1S/C23H29N9O2/c1-29(2)22(33)19-13-16-14-25-23(27-21(16)32(19)17-5-3-4-6-17)26-20-8-7-18(15-24-20)30-9-11-31(28-34)12-10-30/h7-8,13-15,17H,3-6,9-12H2,1-2H3,(H,24,25,26,27). The van der Waals surface area contributed by atoms with Crippen molar-refractivity contribution >= 4 is 34.4 Å². The minimum Gasteiger partial charge on any atom is -0.367 e. The molecule has 1 aliphatic carbocycles. The summed E-state index contributed by atoms with van der Waals surface area (Å²) in [4.78, 5) is 41.1. The lowest BCUT2D eigenvalue weighted by Gasteiger charge is -2.32. The van der Waals surface area contributed by atoms with Crippen LogP contribution in [-0.4, -0.2) is 75.6 Å². The van der Waals surface area contributed by atoms with Gasteiger partial charge in [0.2, 0.25) is 5.95 Å². The summed E-state index contributed by atoms with van der Waals surface area (Å²) in [6, 6.07) is 6.05. The van der Waals surface area contributed by atoms with Crippen molar-refractivity contribution in [3.05, 3.63) is 41.2 Å². The van der Waals surface area contributed by atoms with E-state index in [2.05, 4.69) is 30.0 Å². The molecule has 178 valence electrons. The number of carbonyl (C=O) groups excluding carboxylic acids is 1. The van der Waals surface area contributed by atoms with Crippen LogP contribution >= 0.6 is 0 Å². The Morgan fingerprint density at radius 1 is 1.09 bits per heavy atom. The molecule has 2 fully saturated rings. The van der Waals surface area contributed by atoms with E-state index in [0.29, 0.717) is 30.5 Å². The van der Waals surface area contributed by atoms with Crippen LogP contribution in [0.2, 0.25) is 0 Å². The van der Waals surface area contributed by atoms with E-state index in [1.807, 2.05) is 18.2 Å². The lowest BCUT2D eigenvalue weighted by atomic mass is 10.2. The van der Waals surface area contributed by atoms with Crippen LogP contribution in [0.4, 0.5) is 17.5 Å². The Balaban J connectivity index is 1.38. The largest absolute Gasteiger partial charge is 0.367 e. The first-order valence-electron chi connectivity index (χ1n) is 11.7. The van der Waals surface area contributed by atoms with Gasteiger partial charge >= 0.3 is 0 Å². The molecule has 34 heavy (non-hydrogen) atoms. The second kappa shape index (κ2) is 9.24. The summed E-state index contributed by atoms with van der Waals surface area (Å²) in [5.41, 5.74) is 2.42. The van der Waals surface area contributed by atoms with Crippen LogP contribution in [0.15, 0.2) is 35.9 Å². The second-order valence-electron chi connectivity index (χ2n) is 9.06. The zero-order valence-electron chi connectivity index (χ0n) is 19.5. The summed E-state index contributed by atoms with van der Waals surface area (Å²) in [6.07, 6.45) is 7.98. The van der Waals surface area contributed by atoms with Gasteiger partial charge in [-0.3, -0.25) is 9.80 Å². The predicted molar refractivity (Wildman–Crippen MR) is 130 cm³/mol. The molecule has 1 N–H and O–H groups in total. The number of nitroso groups, excluding NO2 is 1. The van der Waals surface area contributed by atoms with Gasteiger partial charge in [-0.2, -0.15) is 4.98 Å². The zero-order chi connectivity index (χ0) is 23.7. The average molecular weight is 464 g/mol. The van der Waals surface area contributed by atoms with Gasteiger partial charge in [0.1, 0.15) is 17.2 Å². The van der Waals surface area contributed by atoms with Crippen LogP contribution in [0.25, 0.3) is 11.0 Å². The molecular formula is C23H29N9O2. The number of hydrogen-bond acceptors (Lipinski definition) is 8. The summed E-state index contributed by atoms with van der Waals surface area (Å²) in [7, 11) is 3.54. The third-order valence-corrected chi connectivity index (χ3v) is 6.62. The van der Waals surface area contributed by atoms with E-state index in [1.54, 1.807) is 31.4 Å². The lowest BCUT2D eigenvalue weighted by Crippen LogP contribution is -2.43. The summed E-state index contributed by atoms with van der Waals surface area (Å²) in [5.74, 6) is 1.06. The topological polar surface area (TPSA) is 112 Å². The fraction of sp³-hybridized carbons (Fsp3) is 0.478. The van der Waals surface area contributed by atoms with Crippen molar-refractivity contribution in [1.82, 2.24) is 29.4 Å². The van der Waals surface area contributed by atoms with Crippen LogP contribution in [0.5, 0.6) is 0 Å². The molecule has 3 aromatic heterocycles. The molecule has 3 aromatic rings. The number of rotatable bonds is 6. The minimum atomic E-state index is -0.0265. The Hall–Kier alpha value is -3.76. The number of nitrogens with one attached hydrogen (secondary N) is 1. The smallest absolute Gasteiger partial charge is 0.270 e. The number of nitrogens with zero attached hydrogens (tertiary/aromatic N) is 8. The molecule has 4 heterocycles. The Labute approximate surface area is 197 Å². The highest BCUT2D eigenvalue weighted by atomic mass is 16.3. The number of pyridine rings is 1. The summed E-state index contributed by atoms with van der Waals surface area (Å²) in [6.45, 7) is 2.67. The summed E-state index contributed by atoms with van der Waals surface area (Å²) >= 11 is 0. The number of piperazine rings is 1. The van der Waals surface area contributed by atoms with E-state index in [-0.39, 0.29) is 11.9 Å². The number of aromatic nitrogens is 4. The highest BCUT2D eigenvalue weighted by molar-refractivity contribution is 5.97. The van der Waals surface area contributed by atoms with Gasteiger partial charge in [0, 0.05) is 44.8 Å². The maximum Gasteiger partial charge on any atom is 0.270 e. The second-order valence-corrected chi connectivity index (χ2v) is 9.06. The number of fused-ring (bicyclic) bond motifs is 1. The number of anilines is 3. The molecule has 0 spiro atoms. The van der Waals surface area contributed by atoms with Crippen LogP contribution in [0, 0.1) is 4.91 Å². The normalized spacial score (nSPS) is 16.8. The number of carbonyl (C=O) groups is 1. The molecular weight excluding hydrogens is 434 g/mol. The van der Waals surface area contributed by atoms with Gasteiger partial charge in [0.15, 0.2) is 0 Å². The van der Waals surface area contributed by atoms with Crippen molar-refractivity contribution < 1.29 is 4.79 Å². The molecule has 0 aromatic carbocycles. The van der Waals surface area contributed by atoms with Crippen molar-refractivity contribution in [1.29, 1.82) is 0 Å². The molecule has 1 saturated carbocycles. The molecule has 1 saturated heterocycles. The van der Waals surface area contributed by atoms with Gasteiger partial charge in [-0.15, -0.1) is 4.91 Å². The molecule has 5 rings (SSSR count). The Bertz CT molecular complexity index is 1180. The fourth-order valence-corrected chi connectivity index (χ4v) is 4.79. The van der Waals surface area contributed by atoms with E-state index in [9.17, 15) is 9.70 Å². The van der Waals surface area contributed by atoms with Crippen molar-refractivity contribution in [3.63, 3.8) is 0 Å². The van der Waals surface area contributed by atoms with Crippen molar-refractivity contribution in [2.45, 2.75) is 31.7 Å². The molecule has 0 atom stereocenters. The maximum absolute atomic E-state index is 12.9. The Kier molecular flexibility index (Phi) is 5.99. The van der Waals surface area contributed by atoms with Gasteiger partial charge in [-0.25, -0.2) is 9.97 Å². The Morgan fingerprint density at radius 3 is 2.50 bits per heavy atom. The molecule has 0 radical (unpaired) electrons. The molecule has 2 aliphatic rings. The first-order chi connectivity index (χ1) is 16.5. The van der Waals surface area contributed by atoms with Crippen LogP contribution in [0.3, 0.4) is 0 Å². The molecule has 1 aliphatic heterocycles. The van der Waals surface area contributed by atoms with Gasteiger partial charge < -0.3 is 19.7 Å². The minimum absolute atomic E-state index is 0.0265. The van der Waals surface area contributed by atoms with Crippen molar-refractivity contribution in [3.8, 4) is 0 Å². The van der Waals surface area contributed by atoms with E-state index < -0.39 is 0 Å². The summed E-state index contributed by atoms with van der Waals surface area (Å²) < 4.78 is 2.10. The summed E-state index contributed by atoms with van der Waals surface area (Å²) in [5, 5.41) is 8.59. The third kappa shape index (κ3) is 4.25. The predicted octanol–water partition coefficient (Wildman–Crippen LogP) is 3.19. The molecule has 0 bridgehead atoms. The van der Waals surface area contributed by atoms with Crippen LogP contribution < -0.4 is 10.2 Å².